The second-order valence-corrected chi connectivity index (χ2v) is 4.08. The van der Waals surface area contributed by atoms with E-state index in [1.807, 2.05) is 30.3 Å². The number of hydrogen-bond acceptors (Lipinski definition) is 2. The quantitative estimate of drug-likeness (QED) is 0.669. The van der Waals surface area contributed by atoms with Gasteiger partial charge in [0.15, 0.2) is 0 Å². The molecule has 1 N–H and O–H groups in total. The van der Waals surface area contributed by atoms with E-state index in [1.54, 1.807) is 6.92 Å². The monoisotopic (exact) mass is 242 g/mol. The molecule has 2 amide bonds. The second kappa shape index (κ2) is 5.37. The SMILES string of the molecule is CC1C(=O)NCCN1C(=O)C#Cc1ccccc1. The zero-order chi connectivity index (χ0) is 13.0. The topological polar surface area (TPSA) is 49.4 Å². The summed E-state index contributed by atoms with van der Waals surface area (Å²) in [4.78, 5) is 24.8. The Hall–Kier alpha value is -2.28. The van der Waals surface area contributed by atoms with Gasteiger partial charge >= 0.3 is 0 Å². The Morgan fingerprint density at radius 3 is 2.83 bits per heavy atom. The summed E-state index contributed by atoms with van der Waals surface area (Å²) in [6.07, 6.45) is 0. The molecular formula is C14H14N2O2. The van der Waals surface area contributed by atoms with E-state index in [0.29, 0.717) is 13.1 Å². The Labute approximate surface area is 106 Å². The molecule has 0 saturated carbocycles. The highest BCUT2D eigenvalue weighted by Crippen LogP contribution is 2.04. The van der Waals surface area contributed by atoms with Crippen LogP contribution in [0, 0.1) is 11.8 Å². The van der Waals surface area contributed by atoms with E-state index in [9.17, 15) is 9.59 Å². The standard InChI is InChI=1S/C14H14N2O2/c1-11-14(18)15-9-10-16(11)13(17)8-7-12-5-3-2-4-6-12/h2-6,11H,9-10H2,1H3,(H,15,18). The number of hydrogen-bond donors (Lipinski definition) is 1. The zero-order valence-electron chi connectivity index (χ0n) is 10.1. The van der Waals surface area contributed by atoms with Gasteiger partial charge in [0.2, 0.25) is 5.91 Å². The first-order valence-electron chi connectivity index (χ1n) is 5.84. The number of carbonyl (C=O) groups is 2. The van der Waals surface area contributed by atoms with Gasteiger partial charge < -0.3 is 10.2 Å². The molecule has 2 rings (SSSR count). The lowest BCUT2D eigenvalue weighted by atomic mass is 10.2. The average molecular weight is 242 g/mol. The van der Waals surface area contributed by atoms with Crippen LogP contribution in [0.1, 0.15) is 12.5 Å². The third-order valence-corrected chi connectivity index (χ3v) is 2.85. The van der Waals surface area contributed by atoms with Crippen molar-refractivity contribution < 1.29 is 9.59 Å². The minimum atomic E-state index is -0.448. The van der Waals surface area contributed by atoms with Gasteiger partial charge in [-0.1, -0.05) is 24.1 Å². The Bertz CT molecular complexity index is 514. The second-order valence-electron chi connectivity index (χ2n) is 4.08. The number of rotatable bonds is 0. The van der Waals surface area contributed by atoms with Gasteiger partial charge in [-0.05, 0) is 19.1 Å². The molecule has 92 valence electrons. The highest BCUT2D eigenvalue weighted by atomic mass is 16.2. The van der Waals surface area contributed by atoms with Gasteiger partial charge in [-0.3, -0.25) is 9.59 Å². The highest BCUT2D eigenvalue weighted by molar-refractivity contribution is 5.98. The van der Waals surface area contributed by atoms with Crippen LogP contribution in [0.2, 0.25) is 0 Å². The van der Waals surface area contributed by atoms with Crippen molar-refractivity contribution in [3.8, 4) is 11.8 Å². The first-order valence-corrected chi connectivity index (χ1v) is 5.84. The molecule has 0 aliphatic carbocycles. The van der Waals surface area contributed by atoms with Crippen molar-refractivity contribution in [3.05, 3.63) is 35.9 Å². The van der Waals surface area contributed by atoms with Gasteiger partial charge in [-0.15, -0.1) is 0 Å². The lowest BCUT2D eigenvalue weighted by Gasteiger charge is -2.31. The fourth-order valence-electron chi connectivity index (χ4n) is 1.78. The number of piperazine rings is 1. The molecule has 0 bridgehead atoms. The highest BCUT2D eigenvalue weighted by Gasteiger charge is 2.28. The van der Waals surface area contributed by atoms with Crippen LogP contribution in [0.15, 0.2) is 30.3 Å². The molecule has 1 unspecified atom stereocenters. The summed E-state index contributed by atoms with van der Waals surface area (Å²) in [7, 11) is 0. The largest absolute Gasteiger partial charge is 0.353 e. The van der Waals surface area contributed by atoms with E-state index in [-0.39, 0.29) is 11.8 Å². The van der Waals surface area contributed by atoms with Crippen LogP contribution in [-0.4, -0.2) is 35.8 Å². The molecule has 18 heavy (non-hydrogen) atoms. The van der Waals surface area contributed by atoms with Crippen molar-refractivity contribution in [2.24, 2.45) is 0 Å². The fraction of sp³-hybridized carbons (Fsp3) is 0.286. The smallest absolute Gasteiger partial charge is 0.299 e. The molecule has 4 heteroatoms. The molecule has 0 aromatic heterocycles. The summed E-state index contributed by atoms with van der Waals surface area (Å²) < 4.78 is 0. The minimum Gasteiger partial charge on any atom is -0.353 e. The van der Waals surface area contributed by atoms with Crippen molar-refractivity contribution in [3.63, 3.8) is 0 Å². The van der Waals surface area contributed by atoms with Crippen LogP contribution >= 0.6 is 0 Å². The first kappa shape index (κ1) is 12.2. The van der Waals surface area contributed by atoms with Gasteiger partial charge in [-0.25, -0.2) is 0 Å². The van der Waals surface area contributed by atoms with Crippen LogP contribution in [0.3, 0.4) is 0 Å². The van der Waals surface area contributed by atoms with Crippen LogP contribution in [-0.2, 0) is 9.59 Å². The summed E-state index contributed by atoms with van der Waals surface area (Å²) in [6.45, 7) is 2.70. The van der Waals surface area contributed by atoms with E-state index in [4.69, 9.17) is 0 Å². The van der Waals surface area contributed by atoms with E-state index >= 15 is 0 Å². The summed E-state index contributed by atoms with van der Waals surface area (Å²) in [5.41, 5.74) is 0.792. The van der Waals surface area contributed by atoms with Crippen molar-refractivity contribution in [2.75, 3.05) is 13.1 Å². The molecule has 1 fully saturated rings. The Morgan fingerprint density at radius 2 is 2.11 bits per heavy atom. The maximum absolute atomic E-state index is 11.9. The van der Waals surface area contributed by atoms with Crippen LogP contribution in [0.4, 0.5) is 0 Å². The number of carbonyl (C=O) groups excluding carboxylic acids is 2. The van der Waals surface area contributed by atoms with Gasteiger partial charge in [0.25, 0.3) is 5.91 Å². The summed E-state index contributed by atoms with van der Waals surface area (Å²) in [5, 5.41) is 2.71. The van der Waals surface area contributed by atoms with Gasteiger partial charge in [0.1, 0.15) is 6.04 Å². The summed E-state index contributed by atoms with van der Waals surface area (Å²) >= 11 is 0. The van der Waals surface area contributed by atoms with E-state index in [1.165, 1.54) is 4.90 Å². The maximum Gasteiger partial charge on any atom is 0.299 e. The van der Waals surface area contributed by atoms with Gasteiger partial charge in [0.05, 0.1) is 0 Å². The minimum absolute atomic E-state index is 0.129. The van der Waals surface area contributed by atoms with Crippen molar-refractivity contribution in [1.82, 2.24) is 10.2 Å². The molecule has 0 spiro atoms. The molecule has 0 radical (unpaired) electrons. The van der Waals surface area contributed by atoms with Gasteiger partial charge in [-0.2, -0.15) is 0 Å². The van der Waals surface area contributed by atoms with Gasteiger partial charge in [0, 0.05) is 24.6 Å². The Morgan fingerprint density at radius 1 is 1.39 bits per heavy atom. The summed E-state index contributed by atoms with van der Waals surface area (Å²) in [6, 6.07) is 8.86. The number of nitrogens with one attached hydrogen (secondary N) is 1. The Kier molecular flexibility index (Phi) is 3.63. The molecule has 1 atom stereocenters. The zero-order valence-corrected chi connectivity index (χ0v) is 10.1. The van der Waals surface area contributed by atoms with Crippen LogP contribution < -0.4 is 5.32 Å². The number of benzene rings is 1. The van der Waals surface area contributed by atoms with Crippen molar-refractivity contribution >= 4 is 11.8 Å². The first-order chi connectivity index (χ1) is 8.68. The molecule has 1 aromatic rings. The van der Waals surface area contributed by atoms with Crippen LogP contribution in [0.5, 0.6) is 0 Å². The maximum atomic E-state index is 11.9. The normalized spacial score (nSPS) is 18.6. The fourth-order valence-corrected chi connectivity index (χ4v) is 1.78. The summed E-state index contributed by atoms with van der Waals surface area (Å²) in [5.74, 6) is 4.95. The average Bonchev–Trinajstić information content (AvgIpc) is 2.40. The number of amides is 2. The molecule has 4 nitrogen and oxygen atoms in total. The lowest BCUT2D eigenvalue weighted by Crippen LogP contribution is -2.55. The predicted octanol–water partition coefficient (Wildman–Crippen LogP) is 0.385. The molecule has 1 aliphatic rings. The van der Waals surface area contributed by atoms with E-state index in [0.717, 1.165) is 5.56 Å². The lowest BCUT2D eigenvalue weighted by molar-refractivity contribution is -0.138. The Balaban J connectivity index is 2.09. The molecule has 1 aromatic carbocycles. The van der Waals surface area contributed by atoms with Crippen molar-refractivity contribution in [2.45, 2.75) is 13.0 Å². The molecule has 1 heterocycles. The molecule has 1 saturated heterocycles. The third-order valence-electron chi connectivity index (χ3n) is 2.85. The predicted molar refractivity (Wildman–Crippen MR) is 67.5 cm³/mol. The molecule has 1 aliphatic heterocycles. The number of nitrogens with zero attached hydrogens (tertiary/aromatic N) is 1. The van der Waals surface area contributed by atoms with E-state index < -0.39 is 6.04 Å². The van der Waals surface area contributed by atoms with Crippen LogP contribution in [0.25, 0.3) is 0 Å². The van der Waals surface area contributed by atoms with Crippen molar-refractivity contribution in [1.29, 1.82) is 0 Å². The van der Waals surface area contributed by atoms with E-state index in [2.05, 4.69) is 17.2 Å². The third kappa shape index (κ3) is 2.69. The molecular weight excluding hydrogens is 228 g/mol.